The van der Waals surface area contributed by atoms with Gasteiger partial charge in [0.2, 0.25) is 5.91 Å². The smallest absolute Gasteiger partial charge is 0.534 e. The van der Waals surface area contributed by atoms with Crippen LogP contribution < -0.4 is 20.6 Å². The number of aromatic carboxylic acids is 1. The predicted octanol–water partition coefficient (Wildman–Crippen LogP) is 1.16. The number of imide groups is 1. The Morgan fingerprint density at radius 3 is 2.49 bits per heavy atom. The van der Waals surface area contributed by atoms with Gasteiger partial charge in [-0.25, -0.2) is 18.4 Å². The molecule has 2 atom stereocenters. The van der Waals surface area contributed by atoms with Gasteiger partial charge in [0.1, 0.15) is 23.2 Å². The molecule has 0 spiro atoms. The second-order valence-electron chi connectivity index (χ2n) is 11.6. The lowest BCUT2D eigenvalue weighted by Gasteiger charge is -2.34. The second-order valence-corrected chi connectivity index (χ2v) is 12.4. The molecule has 5 rings (SSSR count). The van der Waals surface area contributed by atoms with E-state index in [0.29, 0.717) is 11.0 Å². The van der Waals surface area contributed by atoms with Crippen LogP contribution in [0.2, 0.25) is 10.0 Å². The Morgan fingerprint density at radius 2 is 1.79 bits per heavy atom. The third-order valence-corrected chi connectivity index (χ3v) is 8.95. The Kier molecular flexibility index (Phi) is 11.5. The van der Waals surface area contributed by atoms with Gasteiger partial charge in [0.05, 0.1) is 21.5 Å². The summed E-state index contributed by atoms with van der Waals surface area (Å²) in [6, 6.07) is 0.527. The molecule has 0 bridgehead atoms. The number of halogens is 4. The van der Waals surface area contributed by atoms with Crippen molar-refractivity contribution in [1.29, 1.82) is 0 Å². The Hall–Kier alpha value is -5.73. The number of amides is 6. The van der Waals surface area contributed by atoms with Gasteiger partial charge in [0.25, 0.3) is 5.91 Å². The van der Waals surface area contributed by atoms with Gasteiger partial charge in [-0.3, -0.25) is 29.1 Å². The number of phenolic OH excluding ortho intramolecular Hbond substituents is 2. The van der Waals surface area contributed by atoms with Gasteiger partial charge >= 0.3 is 30.9 Å². The average Bonchev–Trinajstić information content (AvgIpc) is 3.11. The highest BCUT2D eigenvalue weighted by Gasteiger charge is 2.42. The minimum atomic E-state index is -2.06. The van der Waals surface area contributed by atoms with Crippen LogP contribution in [0.3, 0.4) is 0 Å². The number of rotatable bonds is 10. The van der Waals surface area contributed by atoms with E-state index in [2.05, 4.69) is 20.9 Å². The van der Waals surface area contributed by atoms with E-state index >= 15 is 0 Å². The first-order chi connectivity index (χ1) is 25.1. The lowest BCUT2D eigenvalue weighted by Crippen LogP contribution is -2.60. The first kappa shape index (κ1) is 38.5. The molecule has 2 aliphatic heterocycles. The van der Waals surface area contributed by atoms with Gasteiger partial charge in [-0.15, -0.1) is 0 Å². The summed E-state index contributed by atoms with van der Waals surface area (Å²) in [5.41, 5.74) is -1.24. The number of carboxylic acids is 1. The largest absolute Gasteiger partial charge is 0.547 e. The molecule has 0 aliphatic carbocycles. The highest BCUT2D eigenvalue weighted by atomic mass is 35.5. The van der Waals surface area contributed by atoms with Crippen LogP contribution in [0.15, 0.2) is 36.7 Å². The number of nitrogens with one attached hydrogen (secondary N) is 3. The number of nitrogens with zero attached hydrogens (tertiary/aromatic N) is 3. The van der Waals surface area contributed by atoms with E-state index < -0.39 is 99.8 Å². The molecular weight excluding hydrogens is 752 g/mol. The fourth-order valence-corrected chi connectivity index (χ4v) is 6.01. The maximum absolute atomic E-state index is 14.6. The number of carboxylic acid groups (broad SMARTS) is 1. The summed E-state index contributed by atoms with van der Waals surface area (Å²) in [5, 5.41) is 46.4. The van der Waals surface area contributed by atoms with Crippen LogP contribution in [-0.2, 0) is 20.8 Å². The van der Waals surface area contributed by atoms with Crippen molar-refractivity contribution in [1.82, 2.24) is 30.7 Å². The SMILES string of the molecule is O=C(NCCCN1CCN(C(=O)NC(C(=O)N[C@H]2Cc3ccc(F)c(C(=O)O)c3OB2O)c2cc(F)c(O)c(O)c2Cl)C(=O)C1=O)c1ccncc1Cl. The Balaban J connectivity index is 1.28. The maximum Gasteiger partial charge on any atom is 0.547 e. The van der Waals surface area contributed by atoms with E-state index in [-0.39, 0.29) is 55.2 Å². The molecule has 22 heteroatoms. The number of pyridine rings is 1. The minimum Gasteiger partial charge on any atom is -0.534 e. The predicted molar refractivity (Wildman–Crippen MR) is 178 cm³/mol. The zero-order valence-electron chi connectivity index (χ0n) is 26.9. The lowest BCUT2D eigenvalue weighted by atomic mass is 9.72. The highest BCUT2D eigenvalue weighted by Crippen LogP contribution is 2.40. The normalized spacial score (nSPS) is 16.0. The molecule has 17 nitrogen and oxygen atoms in total. The number of urea groups is 1. The maximum atomic E-state index is 14.6. The van der Waals surface area contributed by atoms with Crippen molar-refractivity contribution in [2.24, 2.45) is 0 Å². The fourth-order valence-electron chi connectivity index (χ4n) is 5.55. The van der Waals surface area contributed by atoms with E-state index in [1.54, 1.807) is 0 Å². The van der Waals surface area contributed by atoms with Crippen LogP contribution >= 0.6 is 23.2 Å². The van der Waals surface area contributed by atoms with Gasteiger partial charge in [0, 0.05) is 44.1 Å². The first-order valence-electron chi connectivity index (χ1n) is 15.5. The number of hydrogen-bond acceptors (Lipinski definition) is 11. The van der Waals surface area contributed by atoms with Crippen LogP contribution in [0.1, 0.15) is 44.3 Å². The number of carbonyl (C=O) groups excluding carboxylic acids is 5. The van der Waals surface area contributed by atoms with Crippen LogP contribution in [0.4, 0.5) is 13.6 Å². The summed E-state index contributed by atoms with van der Waals surface area (Å²) in [6.45, 7) is -0.427. The summed E-state index contributed by atoms with van der Waals surface area (Å²) in [5.74, 6) is -12.8. The topological polar surface area (TPSA) is 248 Å². The molecule has 0 radical (unpaired) electrons. The van der Waals surface area contributed by atoms with E-state index in [0.717, 1.165) is 17.0 Å². The van der Waals surface area contributed by atoms with Crippen molar-refractivity contribution in [3.05, 3.63) is 80.6 Å². The van der Waals surface area contributed by atoms with Gasteiger partial charge in [-0.2, -0.15) is 0 Å². The number of carbonyl (C=O) groups is 6. The Labute approximate surface area is 307 Å². The number of phenols is 2. The van der Waals surface area contributed by atoms with E-state index in [4.69, 9.17) is 27.9 Å². The summed E-state index contributed by atoms with van der Waals surface area (Å²) in [6.07, 6.45) is 2.56. The van der Waals surface area contributed by atoms with Gasteiger partial charge < -0.3 is 45.8 Å². The molecular formula is C31H27BCl2F2N6O11. The zero-order chi connectivity index (χ0) is 38.7. The standard InChI is InChI=1S/C31H27BCl2F2N6O11/c33-16-12-37-6-4-14(16)26(45)38-5-1-7-41-8-9-42(29(48)28(41)47)31(51)40-22(15-11-18(36)23(43)24(44)21(15)34)27(46)39-19-10-13-2-3-17(35)20(30(49)50)25(13)53-32(19)52/h2-4,6,11-12,19,22,43-44,52H,1,5,7-10H2,(H,38,45)(H,39,46)(H,40,51)(H,49,50)/t19-,22?/m0/s1. The lowest BCUT2D eigenvalue weighted by molar-refractivity contribution is -0.153. The van der Waals surface area contributed by atoms with E-state index in [9.17, 15) is 57.9 Å². The summed E-state index contributed by atoms with van der Waals surface area (Å²) in [4.78, 5) is 82.4. The molecule has 2 aliphatic rings. The second kappa shape index (κ2) is 15.9. The molecule has 2 aromatic carbocycles. The molecule has 7 N–H and O–H groups in total. The molecule has 53 heavy (non-hydrogen) atoms. The quantitative estimate of drug-likeness (QED) is 0.0663. The van der Waals surface area contributed by atoms with Crippen molar-refractivity contribution in [2.45, 2.75) is 24.8 Å². The molecule has 1 saturated heterocycles. The van der Waals surface area contributed by atoms with Gasteiger partial charge in [-0.05, 0) is 36.6 Å². The van der Waals surface area contributed by atoms with Crippen molar-refractivity contribution in [2.75, 3.05) is 26.2 Å². The van der Waals surface area contributed by atoms with Gasteiger partial charge in [-0.1, -0.05) is 29.3 Å². The molecule has 6 amide bonds. The Bertz CT molecular complexity index is 2030. The van der Waals surface area contributed by atoms with Crippen LogP contribution in [-0.4, -0.2) is 110 Å². The molecule has 3 heterocycles. The first-order valence-corrected chi connectivity index (χ1v) is 16.2. The van der Waals surface area contributed by atoms with E-state index in [1.807, 2.05) is 0 Å². The van der Waals surface area contributed by atoms with Crippen molar-refractivity contribution >= 4 is 65.9 Å². The number of aromatic nitrogens is 1. The summed E-state index contributed by atoms with van der Waals surface area (Å²) in [7, 11) is -1.97. The van der Waals surface area contributed by atoms with Crippen LogP contribution in [0, 0.1) is 11.6 Å². The average molecular weight is 779 g/mol. The fraction of sp³-hybridized carbons (Fsp3) is 0.258. The van der Waals surface area contributed by atoms with Crippen molar-refractivity contribution in [3.8, 4) is 17.2 Å². The molecule has 0 saturated carbocycles. The van der Waals surface area contributed by atoms with E-state index in [1.165, 1.54) is 18.5 Å². The monoisotopic (exact) mass is 778 g/mol. The number of fused-ring (bicyclic) bond motifs is 1. The molecule has 1 aromatic heterocycles. The van der Waals surface area contributed by atoms with Crippen LogP contribution in [0.25, 0.3) is 0 Å². The highest BCUT2D eigenvalue weighted by molar-refractivity contribution is 6.47. The Morgan fingerprint density at radius 1 is 1.06 bits per heavy atom. The number of aromatic hydroxyl groups is 2. The summed E-state index contributed by atoms with van der Waals surface area (Å²) >= 11 is 12.1. The molecule has 3 aromatic rings. The number of hydrogen-bond donors (Lipinski definition) is 7. The number of benzene rings is 2. The van der Waals surface area contributed by atoms with Crippen molar-refractivity contribution in [3.63, 3.8) is 0 Å². The number of piperazine rings is 1. The molecule has 1 fully saturated rings. The van der Waals surface area contributed by atoms with Gasteiger partial charge in [0.15, 0.2) is 17.3 Å². The van der Waals surface area contributed by atoms with Crippen LogP contribution in [0.5, 0.6) is 17.2 Å². The molecule has 1 unspecified atom stereocenters. The minimum absolute atomic E-state index is 0.00655. The molecule has 278 valence electrons. The third-order valence-electron chi connectivity index (χ3n) is 8.25. The van der Waals surface area contributed by atoms with Crippen molar-refractivity contribution < 1.29 is 62.5 Å². The third kappa shape index (κ3) is 8.03. The zero-order valence-corrected chi connectivity index (χ0v) is 28.5. The summed E-state index contributed by atoms with van der Waals surface area (Å²) < 4.78 is 34.0.